The SMILES string of the molecule is NC(N/N=C/c1ccccc1)c1cccc(-c2ccccc2)c1. The van der Waals surface area contributed by atoms with Crippen LogP contribution < -0.4 is 11.2 Å². The zero-order valence-electron chi connectivity index (χ0n) is 12.8. The number of rotatable bonds is 5. The van der Waals surface area contributed by atoms with Gasteiger partial charge in [0.05, 0.1) is 6.21 Å². The highest BCUT2D eigenvalue weighted by atomic mass is 15.3. The van der Waals surface area contributed by atoms with Crippen LogP contribution in [0, 0.1) is 0 Å². The van der Waals surface area contributed by atoms with E-state index in [1.807, 2.05) is 60.7 Å². The van der Waals surface area contributed by atoms with Crippen molar-refractivity contribution in [1.29, 1.82) is 0 Å². The molecule has 1 atom stereocenters. The molecule has 0 saturated heterocycles. The molecule has 3 heteroatoms. The summed E-state index contributed by atoms with van der Waals surface area (Å²) in [5, 5.41) is 4.22. The highest BCUT2D eigenvalue weighted by Gasteiger charge is 2.05. The molecule has 0 heterocycles. The van der Waals surface area contributed by atoms with Crippen LogP contribution in [0.15, 0.2) is 90.0 Å². The lowest BCUT2D eigenvalue weighted by molar-refractivity contribution is 0.582. The van der Waals surface area contributed by atoms with Gasteiger partial charge in [0.1, 0.15) is 6.17 Å². The number of hydrogen-bond acceptors (Lipinski definition) is 3. The third-order valence-corrected chi connectivity index (χ3v) is 3.58. The van der Waals surface area contributed by atoms with Crippen LogP contribution in [0.1, 0.15) is 17.3 Å². The first-order valence-electron chi connectivity index (χ1n) is 7.57. The number of nitrogens with one attached hydrogen (secondary N) is 1. The van der Waals surface area contributed by atoms with Crippen molar-refractivity contribution in [1.82, 2.24) is 5.43 Å². The molecule has 0 fully saturated rings. The summed E-state index contributed by atoms with van der Waals surface area (Å²) in [7, 11) is 0. The van der Waals surface area contributed by atoms with Gasteiger partial charge in [-0.1, -0.05) is 78.9 Å². The first-order valence-corrected chi connectivity index (χ1v) is 7.57. The van der Waals surface area contributed by atoms with Crippen LogP contribution in [-0.4, -0.2) is 6.21 Å². The van der Waals surface area contributed by atoms with E-state index in [2.05, 4.69) is 34.8 Å². The third-order valence-electron chi connectivity index (χ3n) is 3.58. The molecule has 3 aromatic carbocycles. The third kappa shape index (κ3) is 4.05. The molecule has 1 unspecified atom stereocenters. The molecule has 0 saturated carbocycles. The monoisotopic (exact) mass is 301 g/mol. The Labute approximate surface area is 136 Å². The van der Waals surface area contributed by atoms with Crippen molar-refractivity contribution in [3.8, 4) is 11.1 Å². The normalized spacial score (nSPS) is 12.2. The minimum atomic E-state index is -0.348. The minimum Gasteiger partial charge on any atom is -0.306 e. The predicted molar refractivity (Wildman–Crippen MR) is 96.0 cm³/mol. The van der Waals surface area contributed by atoms with Crippen molar-refractivity contribution in [2.45, 2.75) is 6.17 Å². The van der Waals surface area contributed by atoms with Crippen molar-refractivity contribution in [2.24, 2.45) is 10.8 Å². The Morgan fingerprint density at radius 2 is 1.43 bits per heavy atom. The van der Waals surface area contributed by atoms with Gasteiger partial charge in [0.2, 0.25) is 0 Å². The molecule has 0 aromatic heterocycles. The lowest BCUT2D eigenvalue weighted by Crippen LogP contribution is -2.24. The van der Waals surface area contributed by atoms with Crippen molar-refractivity contribution in [2.75, 3.05) is 0 Å². The lowest BCUT2D eigenvalue weighted by Gasteiger charge is -2.13. The Hall–Kier alpha value is -2.91. The molecular formula is C20H19N3. The largest absolute Gasteiger partial charge is 0.306 e. The summed E-state index contributed by atoms with van der Waals surface area (Å²) in [6.45, 7) is 0. The molecule has 0 aliphatic heterocycles. The molecule has 0 bridgehead atoms. The number of nitrogens with zero attached hydrogens (tertiary/aromatic N) is 1. The van der Waals surface area contributed by atoms with E-state index in [1.165, 1.54) is 5.56 Å². The molecule has 3 rings (SSSR count). The second-order valence-corrected chi connectivity index (χ2v) is 5.27. The van der Waals surface area contributed by atoms with Gasteiger partial charge in [0.25, 0.3) is 0 Å². The highest BCUT2D eigenvalue weighted by Crippen LogP contribution is 2.21. The van der Waals surface area contributed by atoms with Gasteiger partial charge in [-0.15, -0.1) is 0 Å². The van der Waals surface area contributed by atoms with Gasteiger partial charge < -0.3 is 5.73 Å². The minimum absolute atomic E-state index is 0.348. The Bertz CT molecular complexity index is 767. The topological polar surface area (TPSA) is 50.4 Å². The summed E-state index contributed by atoms with van der Waals surface area (Å²) in [6, 6.07) is 28.4. The second kappa shape index (κ2) is 7.38. The molecule has 0 aliphatic rings. The molecule has 0 spiro atoms. The summed E-state index contributed by atoms with van der Waals surface area (Å²) >= 11 is 0. The highest BCUT2D eigenvalue weighted by molar-refractivity contribution is 5.79. The standard InChI is InChI=1S/C20H19N3/c21-20(23-22-15-16-8-3-1-4-9-16)19-13-7-12-18(14-19)17-10-5-2-6-11-17/h1-15,20,23H,21H2/b22-15+. The van der Waals surface area contributed by atoms with E-state index in [-0.39, 0.29) is 6.17 Å². The van der Waals surface area contributed by atoms with E-state index in [9.17, 15) is 0 Å². The number of hydrazone groups is 1. The van der Waals surface area contributed by atoms with Gasteiger partial charge in [-0.3, -0.25) is 5.43 Å². The Morgan fingerprint density at radius 3 is 2.17 bits per heavy atom. The van der Waals surface area contributed by atoms with Gasteiger partial charge in [-0.2, -0.15) is 5.10 Å². The summed E-state index contributed by atoms with van der Waals surface area (Å²) in [5.74, 6) is 0. The molecular weight excluding hydrogens is 282 g/mol. The maximum atomic E-state index is 6.18. The molecule has 3 N–H and O–H groups in total. The van der Waals surface area contributed by atoms with Gasteiger partial charge in [-0.25, -0.2) is 0 Å². The zero-order valence-corrected chi connectivity index (χ0v) is 12.8. The van der Waals surface area contributed by atoms with Crippen LogP contribution in [0.25, 0.3) is 11.1 Å². The van der Waals surface area contributed by atoms with Crippen LogP contribution in [0.4, 0.5) is 0 Å². The van der Waals surface area contributed by atoms with Crippen LogP contribution in [0.5, 0.6) is 0 Å². The molecule has 23 heavy (non-hydrogen) atoms. The fraction of sp³-hybridized carbons (Fsp3) is 0.0500. The Kier molecular flexibility index (Phi) is 4.82. The molecule has 0 aliphatic carbocycles. The van der Waals surface area contributed by atoms with Gasteiger partial charge in [-0.05, 0) is 28.3 Å². The fourth-order valence-corrected chi connectivity index (χ4v) is 2.35. The lowest BCUT2D eigenvalue weighted by atomic mass is 10.0. The van der Waals surface area contributed by atoms with Crippen LogP contribution in [0.2, 0.25) is 0 Å². The first-order chi connectivity index (χ1) is 11.3. The Balaban J connectivity index is 1.70. The number of nitrogens with two attached hydrogens (primary N) is 1. The maximum Gasteiger partial charge on any atom is 0.117 e. The van der Waals surface area contributed by atoms with E-state index in [1.54, 1.807) is 6.21 Å². The second-order valence-electron chi connectivity index (χ2n) is 5.27. The summed E-state index contributed by atoms with van der Waals surface area (Å²) in [5.41, 5.74) is 13.5. The van der Waals surface area contributed by atoms with E-state index in [0.29, 0.717) is 0 Å². The van der Waals surface area contributed by atoms with Gasteiger partial charge >= 0.3 is 0 Å². The number of benzene rings is 3. The fourth-order valence-electron chi connectivity index (χ4n) is 2.35. The zero-order chi connectivity index (χ0) is 15.9. The average Bonchev–Trinajstić information content (AvgIpc) is 2.63. The van der Waals surface area contributed by atoms with Crippen molar-refractivity contribution in [3.63, 3.8) is 0 Å². The van der Waals surface area contributed by atoms with Crippen molar-refractivity contribution >= 4 is 6.21 Å². The first kappa shape index (κ1) is 15.0. The smallest absolute Gasteiger partial charge is 0.117 e. The molecule has 114 valence electrons. The van der Waals surface area contributed by atoms with E-state index < -0.39 is 0 Å². The predicted octanol–water partition coefficient (Wildman–Crippen LogP) is 3.93. The molecule has 3 aromatic rings. The van der Waals surface area contributed by atoms with Crippen LogP contribution >= 0.6 is 0 Å². The van der Waals surface area contributed by atoms with Crippen molar-refractivity contribution in [3.05, 3.63) is 96.1 Å². The summed E-state index contributed by atoms with van der Waals surface area (Å²) in [4.78, 5) is 0. The van der Waals surface area contributed by atoms with Crippen LogP contribution in [-0.2, 0) is 0 Å². The van der Waals surface area contributed by atoms with Crippen LogP contribution in [0.3, 0.4) is 0 Å². The summed E-state index contributed by atoms with van der Waals surface area (Å²) in [6.07, 6.45) is 1.42. The maximum absolute atomic E-state index is 6.18. The van der Waals surface area contributed by atoms with Gasteiger partial charge in [0.15, 0.2) is 0 Å². The molecule has 0 amide bonds. The van der Waals surface area contributed by atoms with E-state index in [0.717, 1.165) is 16.7 Å². The van der Waals surface area contributed by atoms with Gasteiger partial charge in [0, 0.05) is 0 Å². The van der Waals surface area contributed by atoms with E-state index in [4.69, 9.17) is 5.73 Å². The van der Waals surface area contributed by atoms with E-state index >= 15 is 0 Å². The number of hydrogen-bond donors (Lipinski definition) is 2. The molecule has 3 nitrogen and oxygen atoms in total. The average molecular weight is 301 g/mol. The summed E-state index contributed by atoms with van der Waals surface area (Å²) < 4.78 is 0. The van der Waals surface area contributed by atoms with Crippen molar-refractivity contribution < 1.29 is 0 Å². The molecule has 0 radical (unpaired) electrons. The quantitative estimate of drug-likeness (QED) is 0.426. The Morgan fingerprint density at radius 1 is 0.783 bits per heavy atom.